The average Bonchev–Trinajstić information content (AvgIpc) is 3.36. The molecule has 1 aliphatic heterocycles. The number of nitrogens with zero attached hydrogens (tertiary/aromatic N) is 1. The van der Waals surface area contributed by atoms with Crippen LogP contribution in [0.5, 0.6) is 17.2 Å². The van der Waals surface area contributed by atoms with Crippen molar-refractivity contribution < 1.29 is 23.8 Å². The highest BCUT2D eigenvalue weighted by atomic mass is 16.5. The van der Waals surface area contributed by atoms with Crippen LogP contribution in [0.3, 0.4) is 0 Å². The molecule has 0 N–H and O–H groups in total. The number of ether oxygens (including phenoxy) is 3. The van der Waals surface area contributed by atoms with Crippen LogP contribution < -0.4 is 14.2 Å². The van der Waals surface area contributed by atoms with E-state index in [2.05, 4.69) is 0 Å². The smallest absolute Gasteiger partial charge is 0.336 e. The number of allylic oxidation sites excluding steroid dienone is 1. The van der Waals surface area contributed by atoms with Gasteiger partial charge >= 0.3 is 5.97 Å². The minimum atomic E-state index is -0.512. The summed E-state index contributed by atoms with van der Waals surface area (Å²) in [6, 6.07) is 18.5. The van der Waals surface area contributed by atoms with E-state index in [1.165, 1.54) is 6.08 Å². The Hall–Kier alpha value is -4.58. The number of Topliss-reactive ketones (excluding diaryl/α,β-unsaturated/α-hetero) is 1. The second kappa shape index (κ2) is 8.99. The SMILES string of the molecule is COc1ccc2c(c1)c(/C=C1/Oc3c(ccc(OC(=O)/C=C/c4ccccc4)c3C)C1=O)cn2C. The second-order valence-electron chi connectivity index (χ2n) is 8.25. The first-order chi connectivity index (χ1) is 16.9. The predicted octanol–water partition coefficient (Wildman–Crippen LogP) is 5.73. The highest BCUT2D eigenvalue weighted by molar-refractivity contribution is 6.15. The number of benzene rings is 3. The number of esters is 1. The fourth-order valence-electron chi connectivity index (χ4n) is 4.13. The third-order valence-corrected chi connectivity index (χ3v) is 5.97. The molecule has 0 spiro atoms. The molecule has 0 amide bonds. The summed E-state index contributed by atoms with van der Waals surface area (Å²) in [5.41, 5.74) is 3.76. The summed E-state index contributed by atoms with van der Waals surface area (Å²) in [7, 11) is 3.56. The molecule has 0 bridgehead atoms. The van der Waals surface area contributed by atoms with Crippen molar-refractivity contribution in [2.24, 2.45) is 7.05 Å². The Labute approximate surface area is 202 Å². The third-order valence-electron chi connectivity index (χ3n) is 5.97. The van der Waals surface area contributed by atoms with E-state index in [0.717, 1.165) is 27.8 Å². The van der Waals surface area contributed by atoms with Crippen molar-refractivity contribution in [1.82, 2.24) is 4.57 Å². The van der Waals surface area contributed by atoms with E-state index in [1.807, 2.05) is 66.3 Å². The van der Waals surface area contributed by atoms with Gasteiger partial charge < -0.3 is 18.8 Å². The molecule has 6 nitrogen and oxygen atoms in total. The second-order valence-corrected chi connectivity index (χ2v) is 8.25. The molecule has 6 heteroatoms. The zero-order valence-electron chi connectivity index (χ0n) is 19.6. The fraction of sp³-hybridized carbons (Fsp3) is 0.103. The van der Waals surface area contributed by atoms with E-state index in [-0.39, 0.29) is 11.5 Å². The van der Waals surface area contributed by atoms with Crippen molar-refractivity contribution in [2.45, 2.75) is 6.92 Å². The molecule has 2 heterocycles. The summed E-state index contributed by atoms with van der Waals surface area (Å²) >= 11 is 0. The number of hydrogen-bond donors (Lipinski definition) is 0. The lowest BCUT2D eigenvalue weighted by Crippen LogP contribution is -2.05. The third kappa shape index (κ3) is 4.22. The molecule has 4 aromatic rings. The van der Waals surface area contributed by atoms with Crippen LogP contribution in [0.25, 0.3) is 23.1 Å². The minimum absolute atomic E-state index is 0.214. The standard InChI is InChI=1S/C29H23NO5/c1-18-25(34-27(31)14-9-19-7-5-4-6-8-19)13-11-22-28(32)26(35-29(18)22)15-20-17-30(2)24-12-10-21(33-3)16-23(20)24/h4-17H,1-3H3/b14-9+,26-15+. The van der Waals surface area contributed by atoms with Gasteiger partial charge in [-0.05, 0) is 55.0 Å². The van der Waals surface area contributed by atoms with Crippen LogP contribution in [-0.2, 0) is 11.8 Å². The van der Waals surface area contributed by atoms with Gasteiger partial charge in [0.05, 0.1) is 12.7 Å². The van der Waals surface area contributed by atoms with Gasteiger partial charge in [-0.1, -0.05) is 30.3 Å². The Bertz CT molecular complexity index is 1530. The van der Waals surface area contributed by atoms with Crippen molar-refractivity contribution >= 4 is 34.8 Å². The van der Waals surface area contributed by atoms with Gasteiger partial charge in [0.15, 0.2) is 5.76 Å². The topological polar surface area (TPSA) is 66.8 Å². The Morgan fingerprint density at radius 2 is 1.86 bits per heavy atom. The molecule has 174 valence electrons. The first kappa shape index (κ1) is 22.2. The summed E-state index contributed by atoms with van der Waals surface area (Å²) in [6.07, 6.45) is 6.73. The summed E-state index contributed by atoms with van der Waals surface area (Å²) in [5, 5.41) is 0.947. The van der Waals surface area contributed by atoms with Gasteiger partial charge in [-0.3, -0.25) is 4.79 Å². The Kier molecular flexibility index (Phi) is 5.71. The number of aryl methyl sites for hydroxylation is 1. The number of carbonyl (C=O) groups excluding carboxylic acids is 2. The largest absolute Gasteiger partial charge is 0.497 e. The van der Waals surface area contributed by atoms with Crippen LogP contribution in [0.2, 0.25) is 0 Å². The molecule has 0 radical (unpaired) electrons. The number of rotatable bonds is 5. The van der Waals surface area contributed by atoms with Crippen molar-refractivity contribution in [3.8, 4) is 17.2 Å². The van der Waals surface area contributed by atoms with E-state index >= 15 is 0 Å². The van der Waals surface area contributed by atoms with Gasteiger partial charge in [0.25, 0.3) is 0 Å². The molecule has 0 atom stereocenters. The highest BCUT2D eigenvalue weighted by Crippen LogP contribution is 2.40. The summed E-state index contributed by atoms with van der Waals surface area (Å²) in [5.74, 6) is 0.957. The lowest BCUT2D eigenvalue weighted by atomic mass is 10.1. The van der Waals surface area contributed by atoms with Crippen LogP contribution in [0.15, 0.2) is 78.7 Å². The number of fused-ring (bicyclic) bond motifs is 2. The van der Waals surface area contributed by atoms with Crippen LogP contribution >= 0.6 is 0 Å². The lowest BCUT2D eigenvalue weighted by Gasteiger charge is -2.08. The molecule has 0 saturated carbocycles. The van der Waals surface area contributed by atoms with Gasteiger partial charge in [-0.15, -0.1) is 0 Å². The quantitative estimate of drug-likeness (QED) is 0.214. The Balaban J connectivity index is 1.41. The molecule has 0 aliphatic carbocycles. The number of hydrogen-bond acceptors (Lipinski definition) is 5. The first-order valence-corrected chi connectivity index (χ1v) is 11.1. The predicted molar refractivity (Wildman–Crippen MR) is 135 cm³/mol. The van der Waals surface area contributed by atoms with Crippen LogP contribution in [-0.4, -0.2) is 23.4 Å². The van der Waals surface area contributed by atoms with Crippen molar-refractivity contribution in [3.63, 3.8) is 0 Å². The fourth-order valence-corrected chi connectivity index (χ4v) is 4.13. The maximum atomic E-state index is 13.1. The molecule has 1 aliphatic rings. The molecular weight excluding hydrogens is 442 g/mol. The van der Waals surface area contributed by atoms with Crippen LogP contribution in [0.4, 0.5) is 0 Å². The molecule has 0 fully saturated rings. The lowest BCUT2D eigenvalue weighted by molar-refractivity contribution is -0.128. The molecule has 1 aromatic heterocycles. The minimum Gasteiger partial charge on any atom is -0.497 e. The Morgan fingerprint density at radius 1 is 1.06 bits per heavy atom. The summed E-state index contributed by atoms with van der Waals surface area (Å²) in [4.78, 5) is 25.4. The maximum absolute atomic E-state index is 13.1. The summed E-state index contributed by atoms with van der Waals surface area (Å²) < 4.78 is 18.8. The molecule has 5 rings (SSSR count). The number of carbonyl (C=O) groups is 2. The van der Waals surface area contributed by atoms with E-state index in [9.17, 15) is 9.59 Å². The van der Waals surface area contributed by atoms with Gasteiger partial charge in [0.2, 0.25) is 5.78 Å². The maximum Gasteiger partial charge on any atom is 0.336 e. The number of aromatic nitrogens is 1. The van der Waals surface area contributed by atoms with Crippen molar-refractivity contribution in [2.75, 3.05) is 7.11 Å². The molecular formula is C29H23NO5. The van der Waals surface area contributed by atoms with E-state index in [1.54, 1.807) is 38.3 Å². The molecule has 35 heavy (non-hydrogen) atoms. The zero-order valence-corrected chi connectivity index (χ0v) is 19.6. The van der Waals surface area contributed by atoms with E-state index in [4.69, 9.17) is 14.2 Å². The normalized spacial score (nSPS) is 13.9. The summed E-state index contributed by atoms with van der Waals surface area (Å²) in [6.45, 7) is 1.77. The molecule has 0 unspecified atom stereocenters. The van der Waals surface area contributed by atoms with Gasteiger partial charge in [-0.2, -0.15) is 0 Å². The first-order valence-electron chi connectivity index (χ1n) is 11.1. The average molecular weight is 466 g/mol. The van der Waals surface area contributed by atoms with Crippen molar-refractivity contribution in [3.05, 3.63) is 101 Å². The molecule has 0 saturated heterocycles. The van der Waals surface area contributed by atoms with Crippen molar-refractivity contribution in [1.29, 1.82) is 0 Å². The van der Waals surface area contributed by atoms with E-state index in [0.29, 0.717) is 22.6 Å². The van der Waals surface area contributed by atoms with Gasteiger partial charge in [-0.25, -0.2) is 4.79 Å². The number of methoxy groups -OCH3 is 1. The van der Waals surface area contributed by atoms with E-state index < -0.39 is 5.97 Å². The highest BCUT2D eigenvalue weighted by Gasteiger charge is 2.30. The zero-order chi connectivity index (χ0) is 24.5. The van der Waals surface area contributed by atoms with Crippen LogP contribution in [0, 0.1) is 6.92 Å². The van der Waals surface area contributed by atoms with Crippen LogP contribution in [0.1, 0.15) is 27.0 Å². The van der Waals surface area contributed by atoms with Gasteiger partial charge in [0.1, 0.15) is 17.2 Å². The number of ketones is 1. The Morgan fingerprint density at radius 3 is 2.63 bits per heavy atom. The molecule has 3 aromatic carbocycles. The monoisotopic (exact) mass is 465 g/mol. The van der Waals surface area contributed by atoms with Gasteiger partial charge in [0, 0.05) is 41.4 Å².